The first-order valence-electron chi connectivity index (χ1n) is 9.32. The first-order valence-corrected chi connectivity index (χ1v) is 10.3. The smallest absolute Gasteiger partial charge is 0.387 e. The van der Waals surface area contributed by atoms with Gasteiger partial charge in [-0.05, 0) is 61.9 Å². The van der Waals surface area contributed by atoms with Crippen molar-refractivity contribution in [3.05, 3.63) is 54.1 Å². The van der Waals surface area contributed by atoms with Crippen LogP contribution in [0.15, 0.2) is 53.5 Å². The van der Waals surface area contributed by atoms with Crippen LogP contribution in [-0.4, -0.2) is 43.0 Å². The van der Waals surface area contributed by atoms with E-state index in [1.165, 1.54) is 24.3 Å². The summed E-state index contributed by atoms with van der Waals surface area (Å²) in [6, 6.07) is 13.2. The second-order valence-electron chi connectivity index (χ2n) is 6.21. The Morgan fingerprint density at radius 1 is 1.13 bits per heavy atom. The zero-order valence-corrected chi connectivity index (χ0v) is 19.0. The van der Waals surface area contributed by atoms with Crippen molar-refractivity contribution < 1.29 is 23.0 Å². The Balaban J connectivity index is 0.00000320. The molecule has 1 aliphatic rings. The number of benzene rings is 2. The third-order valence-corrected chi connectivity index (χ3v) is 5.27. The van der Waals surface area contributed by atoms with Crippen LogP contribution < -0.4 is 14.4 Å². The molecule has 2 aromatic rings. The molecule has 0 atom stereocenters. The van der Waals surface area contributed by atoms with Crippen LogP contribution in [-0.2, 0) is 0 Å². The number of hydrogen-bond acceptors (Lipinski definition) is 6. The second-order valence-corrected chi connectivity index (χ2v) is 7.27. The Bertz CT molecular complexity index is 848. The third-order valence-electron chi connectivity index (χ3n) is 4.17. The number of ketones is 1. The molecule has 162 valence electrons. The molecular weight excluding hydrogens is 478 g/mol. The van der Waals surface area contributed by atoms with Crippen molar-refractivity contribution >= 4 is 45.4 Å². The first-order chi connectivity index (χ1) is 14.1. The quantitative estimate of drug-likeness (QED) is 0.451. The van der Waals surface area contributed by atoms with Gasteiger partial charge < -0.3 is 14.4 Å². The molecule has 0 bridgehead atoms. The van der Waals surface area contributed by atoms with Crippen LogP contribution in [0.2, 0.25) is 0 Å². The number of anilines is 1. The lowest BCUT2D eigenvalue weighted by Gasteiger charge is -2.27. The van der Waals surface area contributed by atoms with Crippen molar-refractivity contribution in [1.29, 1.82) is 0 Å². The third kappa shape index (κ3) is 6.70. The summed E-state index contributed by atoms with van der Waals surface area (Å²) in [6.07, 6.45) is 1.00. The minimum atomic E-state index is -2.90. The molecule has 0 aromatic heterocycles. The zero-order valence-electron chi connectivity index (χ0n) is 16.4. The number of hydrogen-bond donors (Lipinski definition) is 0. The van der Waals surface area contributed by atoms with Crippen molar-refractivity contribution in [1.82, 2.24) is 0 Å². The zero-order chi connectivity index (χ0) is 20.6. The van der Waals surface area contributed by atoms with E-state index >= 15 is 0 Å². The van der Waals surface area contributed by atoms with E-state index < -0.39 is 6.61 Å². The van der Waals surface area contributed by atoms with Gasteiger partial charge in [0.05, 0.1) is 13.2 Å². The van der Waals surface area contributed by atoms with Gasteiger partial charge >= 0.3 is 6.61 Å². The summed E-state index contributed by atoms with van der Waals surface area (Å²) in [6.45, 7) is 0.422. The van der Waals surface area contributed by atoms with Gasteiger partial charge in [0.1, 0.15) is 11.5 Å². The average Bonchev–Trinajstić information content (AvgIpc) is 2.73. The maximum atomic E-state index is 12.9. The highest BCUT2D eigenvalue weighted by Gasteiger charge is 2.21. The summed E-state index contributed by atoms with van der Waals surface area (Å²) in [7, 11) is 0. The van der Waals surface area contributed by atoms with E-state index in [0.29, 0.717) is 12.2 Å². The summed E-state index contributed by atoms with van der Waals surface area (Å²) in [4.78, 5) is 19.3. The molecule has 5 nitrogen and oxygen atoms in total. The number of ether oxygens (including phenoxy) is 2. The monoisotopic (exact) mass is 500 g/mol. The van der Waals surface area contributed by atoms with Crippen LogP contribution in [0.5, 0.6) is 11.5 Å². The fourth-order valence-electron chi connectivity index (χ4n) is 2.83. The number of thioether (sulfide) groups is 1. The number of aliphatic imine (C=N–C) groups is 1. The number of carbonyl (C=O) groups excluding carboxylic acids is 1. The molecule has 0 unspecified atom stereocenters. The Kier molecular flexibility index (Phi) is 9.58. The predicted octanol–water partition coefficient (Wildman–Crippen LogP) is 5.45. The van der Waals surface area contributed by atoms with E-state index in [2.05, 4.69) is 9.73 Å². The minimum absolute atomic E-state index is 0. The van der Waals surface area contributed by atoms with Gasteiger partial charge in [-0.15, -0.1) is 17.0 Å². The Morgan fingerprint density at radius 2 is 1.80 bits per heavy atom. The number of Topliss-reactive ketones (excluding diaryl/α,β-unsaturated/α-hetero) is 1. The van der Waals surface area contributed by atoms with Crippen molar-refractivity contribution in [2.24, 2.45) is 4.99 Å². The van der Waals surface area contributed by atoms with E-state index in [1.54, 1.807) is 11.8 Å². The Morgan fingerprint density at radius 3 is 2.37 bits per heavy atom. The number of alkyl halides is 2. The van der Waals surface area contributed by atoms with E-state index in [0.717, 1.165) is 35.3 Å². The summed E-state index contributed by atoms with van der Waals surface area (Å²) in [5.74, 6) is 1.58. The van der Waals surface area contributed by atoms with E-state index in [9.17, 15) is 13.6 Å². The number of amidine groups is 1. The van der Waals surface area contributed by atoms with Gasteiger partial charge in [0, 0.05) is 23.5 Å². The minimum Gasteiger partial charge on any atom is -0.494 e. The predicted molar refractivity (Wildman–Crippen MR) is 122 cm³/mol. The van der Waals surface area contributed by atoms with Crippen LogP contribution in [0.25, 0.3) is 0 Å². The van der Waals surface area contributed by atoms with Gasteiger partial charge in [-0.25, -0.2) is 0 Å². The standard InChI is InChI=1S/C21H22F2N2O3S.BrH/c1-2-27-17-10-6-16(7-11-17)25(21-24-12-3-13-29-21)14-19(26)15-4-8-18(9-5-15)28-20(22)23;/h4-11,20H,2-3,12-14H2,1H3;1H. The molecular formula is C21H23BrF2N2O3S. The molecule has 30 heavy (non-hydrogen) atoms. The number of halogens is 3. The maximum absolute atomic E-state index is 12.9. The summed E-state index contributed by atoms with van der Waals surface area (Å²) >= 11 is 1.62. The Labute approximate surface area is 189 Å². The molecule has 0 saturated heterocycles. The lowest BCUT2D eigenvalue weighted by molar-refractivity contribution is -0.0498. The first kappa shape index (κ1) is 24.1. The molecule has 0 fully saturated rings. The maximum Gasteiger partial charge on any atom is 0.387 e. The number of nitrogens with zero attached hydrogens (tertiary/aromatic N) is 2. The molecule has 1 aliphatic heterocycles. The molecule has 0 spiro atoms. The highest BCUT2D eigenvalue weighted by atomic mass is 79.9. The molecule has 3 rings (SSSR count). The SMILES string of the molecule is Br.CCOc1ccc(N(CC(=O)c2ccc(OC(F)F)cc2)C2=NCCCS2)cc1. The normalized spacial score (nSPS) is 13.3. The highest BCUT2D eigenvalue weighted by molar-refractivity contribution is 8.93. The largest absolute Gasteiger partial charge is 0.494 e. The summed E-state index contributed by atoms with van der Waals surface area (Å²) in [5, 5.41) is 0.798. The Hall–Kier alpha value is -2.13. The molecule has 0 saturated carbocycles. The topological polar surface area (TPSA) is 51.1 Å². The van der Waals surface area contributed by atoms with Crippen LogP contribution in [0.4, 0.5) is 14.5 Å². The van der Waals surface area contributed by atoms with Gasteiger partial charge in [-0.3, -0.25) is 9.79 Å². The van der Waals surface area contributed by atoms with Crippen molar-refractivity contribution in [3.63, 3.8) is 0 Å². The van der Waals surface area contributed by atoms with Crippen LogP contribution in [0.1, 0.15) is 23.7 Å². The lowest BCUT2D eigenvalue weighted by Crippen LogP contribution is -2.35. The average molecular weight is 501 g/mol. The van der Waals surface area contributed by atoms with Gasteiger partial charge in [0.25, 0.3) is 0 Å². The summed E-state index contributed by atoms with van der Waals surface area (Å²) in [5.41, 5.74) is 1.26. The van der Waals surface area contributed by atoms with Crippen molar-refractivity contribution in [2.45, 2.75) is 20.0 Å². The number of carbonyl (C=O) groups is 1. The molecule has 0 amide bonds. The summed E-state index contributed by atoms with van der Waals surface area (Å²) < 4.78 is 34.4. The van der Waals surface area contributed by atoms with E-state index in [-0.39, 0.29) is 35.1 Å². The van der Waals surface area contributed by atoms with Gasteiger partial charge in [0.15, 0.2) is 11.0 Å². The van der Waals surface area contributed by atoms with Gasteiger partial charge in [0.2, 0.25) is 0 Å². The molecule has 0 aliphatic carbocycles. The van der Waals surface area contributed by atoms with Crippen molar-refractivity contribution in [2.75, 3.05) is 30.3 Å². The molecule has 0 radical (unpaired) electrons. The molecule has 1 heterocycles. The highest BCUT2D eigenvalue weighted by Crippen LogP contribution is 2.26. The second kappa shape index (κ2) is 11.9. The van der Waals surface area contributed by atoms with Crippen LogP contribution >= 0.6 is 28.7 Å². The molecule has 0 N–H and O–H groups in total. The molecule has 9 heteroatoms. The van der Waals surface area contributed by atoms with Crippen molar-refractivity contribution in [3.8, 4) is 11.5 Å². The number of rotatable bonds is 8. The fraction of sp³-hybridized carbons (Fsp3) is 0.333. The van der Waals surface area contributed by atoms with E-state index in [1.807, 2.05) is 36.1 Å². The van der Waals surface area contributed by atoms with Crippen LogP contribution in [0.3, 0.4) is 0 Å². The van der Waals surface area contributed by atoms with Gasteiger partial charge in [-0.1, -0.05) is 11.8 Å². The fourth-order valence-corrected chi connectivity index (χ4v) is 3.79. The molecule has 2 aromatic carbocycles. The lowest BCUT2D eigenvalue weighted by atomic mass is 10.1. The van der Waals surface area contributed by atoms with E-state index in [4.69, 9.17) is 4.74 Å². The van der Waals surface area contributed by atoms with Gasteiger partial charge in [-0.2, -0.15) is 8.78 Å². The van der Waals surface area contributed by atoms with Crippen LogP contribution in [0, 0.1) is 0 Å².